The van der Waals surface area contributed by atoms with Crippen molar-refractivity contribution in [3.8, 4) is 0 Å². The van der Waals surface area contributed by atoms with Crippen LogP contribution in [0.1, 0.15) is 17.1 Å². The van der Waals surface area contributed by atoms with Crippen LogP contribution in [-0.4, -0.2) is 22.9 Å². The molecule has 0 aliphatic carbocycles. The van der Waals surface area contributed by atoms with Crippen molar-refractivity contribution in [2.24, 2.45) is 0 Å². The lowest BCUT2D eigenvalue weighted by Gasteiger charge is -2.10. The zero-order valence-corrected chi connectivity index (χ0v) is 11.7. The number of hydrogen-bond acceptors (Lipinski definition) is 5. The molecule has 0 aliphatic rings. The van der Waals surface area contributed by atoms with Crippen molar-refractivity contribution in [1.82, 2.24) is 9.97 Å². The van der Waals surface area contributed by atoms with E-state index in [0.717, 1.165) is 6.20 Å². The Kier molecular flexibility index (Phi) is 4.07. The van der Waals surface area contributed by atoms with Gasteiger partial charge < -0.3 is 5.73 Å². The summed E-state index contributed by atoms with van der Waals surface area (Å²) in [6.45, 7) is 0. The van der Waals surface area contributed by atoms with Gasteiger partial charge in [0.1, 0.15) is 4.90 Å². The van der Waals surface area contributed by atoms with E-state index >= 15 is 0 Å². The van der Waals surface area contributed by atoms with Gasteiger partial charge >= 0.3 is 6.18 Å². The van der Waals surface area contributed by atoms with E-state index in [1.807, 2.05) is 0 Å². The number of nitrogens with two attached hydrogens (primary N) is 1. The topological polar surface area (TPSA) is 106 Å². The molecule has 0 radical (unpaired) electrons. The first kappa shape index (κ1) is 16.2. The molecule has 6 nitrogen and oxygen atoms in total. The Morgan fingerprint density at radius 2 is 1.91 bits per heavy atom. The molecule has 3 N–H and O–H groups in total. The quantitative estimate of drug-likeness (QED) is 0.656. The van der Waals surface area contributed by atoms with Crippen LogP contribution < -0.4 is 5.73 Å². The third-order valence-electron chi connectivity index (χ3n) is 2.72. The molecule has 1 aromatic carbocycles. The predicted molar refractivity (Wildman–Crippen MR) is 70.5 cm³/mol. The van der Waals surface area contributed by atoms with Gasteiger partial charge in [0.05, 0.1) is 5.69 Å². The van der Waals surface area contributed by atoms with E-state index < -0.39 is 27.0 Å². The molecule has 10 heteroatoms. The van der Waals surface area contributed by atoms with Crippen LogP contribution in [0.15, 0.2) is 35.4 Å². The summed E-state index contributed by atoms with van der Waals surface area (Å²) in [5.41, 5.74) is 5.28. The van der Waals surface area contributed by atoms with E-state index in [9.17, 15) is 26.1 Å². The van der Waals surface area contributed by atoms with Gasteiger partial charge in [0.2, 0.25) is 5.82 Å². The minimum Gasteiger partial charge on any atom is -0.398 e. The van der Waals surface area contributed by atoms with Gasteiger partial charge in [-0.2, -0.15) is 21.6 Å². The SMILES string of the molecule is Nc1cccc(Cc2ccnc(C(F)(F)F)n2)c1S(=O)(=O)O. The normalized spacial score (nSPS) is 12.4. The molecule has 0 fully saturated rings. The molecule has 2 aromatic rings. The summed E-state index contributed by atoms with van der Waals surface area (Å²) in [7, 11) is -4.61. The number of nitrogens with zero attached hydrogens (tertiary/aromatic N) is 2. The van der Waals surface area contributed by atoms with Gasteiger partial charge in [-0.3, -0.25) is 4.55 Å². The van der Waals surface area contributed by atoms with Crippen molar-refractivity contribution < 1.29 is 26.1 Å². The van der Waals surface area contributed by atoms with E-state index in [-0.39, 0.29) is 23.4 Å². The summed E-state index contributed by atoms with van der Waals surface area (Å²) in [6, 6.07) is 5.22. The van der Waals surface area contributed by atoms with Crippen molar-refractivity contribution in [1.29, 1.82) is 0 Å². The van der Waals surface area contributed by atoms with Gasteiger partial charge in [-0.05, 0) is 17.7 Å². The maximum Gasteiger partial charge on any atom is 0.451 e. The lowest BCUT2D eigenvalue weighted by atomic mass is 10.1. The van der Waals surface area contributed by atoms with Gasteiger partial charge in [0.15, 0.2) is 0 Å². The van der Waals surface area contributed by atoms with E-state index in [1.54, 1.807) is 0 Å². The van der Waals surface area contributed by atoms with Crippen LogP contribution in [0.4, 0.5) is 18.9 Å². The van der Waals surface area contributed by atoms with E-state index in [0.29, 0.717) is 0 Å². The number of rotatable bonds is 3. The fourth-order valence-electron chi connectivity index (χ4n) is 1.88. The molecule has 0 unspecified atom stereocenters. The molecule has 0 saturated heterocycles. The van der Waals surface area contributed by atoms with Crippen LogP contribution >= 0.6 is 0 Å². The number of halogens is 3. The van der Waals surface area contributed by atoms with Crippen LogP contribution in [0.25, 0.3) is 0 Å². The zero-order valence-electron chi connectivity index (χ0n) is 10.9. The van der Waals surface area contributed by atoms with Gasteiger partial charge in [-0.1, -0.05) is 12.1 Å². The monoisotopic (exact) mass is 333 g/mol. The summed E-state index contributed by atoms with van der Waals surface area (Å²) in [5.74, 6) is -1.33. The van der Waals surface area contributed by atoms with Crippen LogP contribution in [0.3, 0.4) is 0 Å². The highest BCUT2D eigenvalue weighted by Crippen LogP contribution is 2.27. The largest absolute Gasteiger partial charge is 0.451 e. The predicted octanol–water partition coefficient (Wildman–Crippen LogP) is 1.92. The molecule has 1 aromatic heterocycles. The third-order valence-corrected chi connectivity index (χ3v) is 3.74. The summed E-state index contributed by atoms with van der Waals surface area (Å²) in [4.78, 5) is 5.91. The molecule has 1 heterocycles. The van der Waals surface area contributed by atoms with Gasteiger partial charge in [0.25, 0.3) is 10.1 Å². The standard InChI is InChI=1S/C12H10F3N3O3S/c13-12(14,15)11-17-5-4-8(18-11)6-7-2-1-3-9(16)10(7)22(19,20)21/h1-5H,6,16H2,(H,19,20,21). The van der Waals surface area contributed by atoms with E-state index in [1.165, 1.54) is 24.3 Å². The maximum atomic E-state index is 12.6. The second-order valence-corrected chi connectivity index (χ2v) is 5.72. The Balaban J connectivity index is 2.47. The van der Waals surface area contributed by atoms with E-state index in [4.69, 9.17) is 5.73 Å². The zero-order chi connectivity index (χ0) is 16.5. The highest BCUT2D eigenvalue weighted by Gasteiger charge is 2.34. The van der Waals surface area contributed by atoms with E-state index in [2.05, 4.69) is 9.97 Å². The lowest BCUT2D eigenvalue weighted by Crippen LogP contribution is -2.13. The van der Waals surface area contributed by atoms with Gasteiger partial charge in [0, 0.05) is 18.3 Å². The number of alkyl halides is 3. The second-order valence-electron chi connectivity index (χ2n) is 4.36. The molecule has 22 heavy (non-hydrogen) atoms. The third kappa shape index (κ3) is 3.52. The van der Waals surface area contributed by atoms with Crippen molar-refractivity contribution in [3.63, 3.8) is 0 Å². The smallest absolute Gasteiger partial charge is 0.398 e. The molecule has 2 rings (SSSR count). The molecule has 0 aliphatic heterocycles. The lowest BCUT2D eigenvalue weighted by molar-refractivity contribution is -0.145. The summed E-state index contributed by atoms with van der Waals surface area (Å²) < 4.78 is 69.6. The van der Waals surface area contributed by atoms with Crippen LogP contribution in [-0.2, 0) is 22.7 Å². The summed E-state index contributed by atoms with van der Waals surface area (Å²) in [5, 5.41) is 0. The van der Waals surface area contributed by atoms with Crippen molar-refractivity contribution in [3.05, 3.63) is 47.5 Å². The average Bonchev–Trinajstić information content (AvgIpc) is 2.36. The maximum absolute atomic E-state index is 12.6. The highest BCUT2D eigenvalue weighted by atomic mass is 32.2. The Hall–Kier alpha value is -2.20. The number of anilines is 1. The van der Waals surface area contributed by atoms with Crippen molar-refractivity contribution >= 4 is 15.8 Å². The van der Waals surface area contributed by atoms with Crippen LogP contribution in [0.2, 0.25) is 0 Å². The Bertz CT molecular complexity index is 807. The summed E-state index contributed by atoms with van der Waals surface area (Å²) in [6.07, 6.45) is -4.05. The molecule has 0 bridgehead atoms. The molecule has 0 amide bonds. The molecular weight excluding hydrogens is 323 g/mol. The Morgan fingerprint density at radius 3 is 2.50 bits per heavy atom. The number of aromatic nitrogens is 2. The first-order valence-electron chi connectivity index (χ1n) is 5.83. The number of hydrogen-bond donors (Lipinski definition) is 2. The molecule has 0 atom stereocenters. The fourth-order valence-corrected chi connectivity index (χ4v) is 2.72. The van der Waals surface area contributed by atoms with Gasteiger partial charge in [-0.15, -0.1) is 0 Å². The molecule has 0 spiro atoms. The van der Waals surface area contributed by atoms with Crippen molar-refractivity contribution in [2.75, 3.05) is 5.73 Å². The van der Waals surface area contributed by atoms with Gasteiger partial charge in [-0.25, -0.2) is 9.97 Å². The minimum atomic E-state index is -4.71. The molecule has 118 valence electrons. The average molecular weight is 333 g/mol. The number of benzene rings is 1. The molecule has 0 saturated carbocycles. The summed E-state index contributed by atoms with van der Waals surface area (Å²) >= 11 is 0. The Labute approximate surface area is 123 Å². The first-order chi connectivity index (χ1) is 10.1. The number of nitrogen functional groups attached to an aromatic ring is 1. The molecular formula is C12H10F3N3O3S. The first-order valence-corrected chi connectivity index (χ1v) is 7.27. The highest BCUT2D eigenvalue weighted by molar-refractivity contribution is 7.86. The van der Waals surface area contributed by atoms with Crippen LogP contribution in [0.5, 0.6) is 0 Å². The van der Waals surface area contributed by atoms with Crippen LogP contribution in [0, 0.1) is 0 Å². The van der Waals surface area contributed by atoms with Crippen molar-refractivity contribution in [2.45, 2.75) is 17.5 Å². The Morgan fingerprint density at radius 1 is 1.23 bits per heavy atom. The second kappa shape index (κ2) is 5.54. The minimum absolute atomic E-state index is 0.0364. The fraction of sp³-hybridized carbons (Fsp3) is 0.167.